The number of fused-ring (bicyclic) bond motifs is 6. The van der Waals surface area contributed by atoms with Gasteiger partial charge in [-0.3, -0.25) is 0 Å². The van der Waals surface area contributed by atoms with Crippen molar-refractivity contribution in [3.8, 4) is 44.5 Å². The molecule has 0 aliphatic heterocycles. The van der Waals surface area contributed by atoms with E-state index in [1.54, 1.807) is 0 Å². The summed E-state index contributed by atoms with van der Waals surface area (Å²) >= 11 is 0. The van der Waals surface area contributed by atoms with Crippen molar-refractivity contribution in [3.63, 3.8) is 0 Å². The van der Waals surface area contributed by atoms with Crippen molar-refractivity contribution < 1.29 is 4.42 Å². The van der Waals surface area contributed by atoms with Gasteiger partial charge in [-0.2, -0.15) is 0 Å². The third-order valence-electron chi connectivity index (χ3n) is 10.6. The van der Waals surface area contributed by atoms with Crippen LogP contribution in [-0.2, 0) is 5.41 Å². The van der Waals surface area contributed by atoms with Crippen LogP contribution in [0.15, 0.2) is 199 Å². The summed E-state index contributed by atoms with van der Waals surface area (Å²) in [7, 11) is 0. The molecule has 1 heterocycles. The lowest BCUT2D eigenvalue weighted by atomic mass is 9.67. The molecule has 0 bridgehead atoms. The van der Waals surface area contributed by atoms with E-state index in [1.807, 2.05) is 0 Å². The summed E-state index contributed by atoms with van der Waals surface area (Å²) in [4.78, 5) is 0. The van der Waals surface area contributed by atoms with Gasteiger partial charge < -0.3 is 4.42 Å². The first kappa shape index (κ1) is 28.6. The lowest BCUT2D eigenvalue weighted by Gasteiger charge is -2.34. The fourth-order valence-electron chi connectivity index (χ4n) is 8.33. The summed E-state index contributed by atoms with van der Waals surface area (Å²) in [6.07, 6.45) is 0. The summed E-state index contributed by atoms with van der Waals surface area (Å²) in [5, 5.41) is 2.24. The molecule has 1 aliphatic rings. The molecule has 0 unspecified atom stereocenters. The van der Waals surface area contributed by atoms with Crippen molar-refractivity contribution in [2.75, 3.05) is 0 Å². The molecule has 9 aromatic rings. The molecule has 0 spiro atoms. The van der Waals surface area contributed by atoms with E-state index < -0.39 is 5.41 Å². The van der Waals surface area contributed by atoms with E-state index in [-0.39, 0.29) is 0 Å². The van der Waals surface area contributed by atoms with Crippen molar-refractivity contribution in [2.45, 2.75) is 5.41 Å². The molecule has 8 aromatic carbocycles. The highest BCUT2D eigenvalue weighted by Gasteiger charge is 2.45. The first-order chi connectivity index (χ1) is 24.8. The molecule has 1 aliphatic carbocycles. The Morgan fingerprint density at radius 1 is 0.320 bits per heavy atom. The largest absolute Gasteiger partial charge is 0.455 e. The lowest BCUT2D eigenvalue weighted by molar-refractivity contribution is 0.670. The predicted octanol–water partition coefficient (Wildman–Crippen LogP) is 13.0. The zero-order valence-corrected chi connectivity index (χ0v) is 27.4. The van der Waals surface area contributed by atoms with Crippen LogP contribution >= 0.6 is 0 Å². The first-order valence-corrected chi connectivity index (χ1v) is 17.3. The van der Waals surface area contributed by atoms with Gasteiger partial charge in [0, 0.05) is 16.3 Å². The van der Waals surface area contributed by atoms with Crippen LogP contribution in [0.5, 0.6) is 0 Å². The molecule has 234 valence electrons. The Morgan fingerprint density at radius 2 is 0.860 bits per heavy atom. The zero-order chi connectivity index (χ0) is 33.1. The quantitative estimate of drug-likeness (QED) is 0.183. The monoisotopic (exact) mass is 636 g/mol. The molecule has 0 atom stereocenters. The molecule has 0 radical (unpaired) electrons. The lowest BCUT2D eigenvalue weighted by Crippen LogP contribution is -2.28. The molecule has 0 fully saturated rings. The van der Waals surface area contributed by atoms with Crippen LogP contribution in [-0.4, -0.2) is 0 Å². The Bertz CT molecular complexity index is 2640. The fraction of sp³-hybridized carbons (Fsp3) is 0.0204. The molecule has 1 heteroatoms. The van der Waals surface area contributed by atoms with Crippen LogP contribution in [0.25, 0.3) is 66.4 Å². The summed E-state index contributed by atoms with van der Waals surface area (Å²) in [5.41, 5.74) is 16.0. The average molecular weight is 637 g/mol. The van der Waals surface area contributed by atoms with E-state index >= 15 is 0 Å². The number of furan rings is 1. The Labute approximate surface area is 291 Å². The van der Waals surface area contributed by atoms with Crippen LogP contribution in [0.2, 0.25) is 0 Å². The number of rotatable bonds is 5. The second-order valence-corrected chi connectivity index (χ2v) is 13.2. The van der Waals surface area contributed by atoms with E-state index in [1.165, 1.54) is 55.6 Å². The summed E-state index contributed by atoms with van der Waals surface area (Å²) in [6.45, 7) is 0. The van der Waals surface area contributed by atoms with Gasteiger partial charge in [-0.25, -0.2) is 0 Å². The predicted molar refractivity (Wildman–Crippen MR) is 207 cm³/mol. The fourth-order valence-corrected chi connectivity index (χ4v) is 8.33. The molecule has 0 N–H and O–H groups in total. The molecule has 0 saturated heterocycles. The highest BCUT2D eigenvalue weighted by Crippen LogP contribution is 2.56. The third kappa shape index (κ3) is 4.27. The standard InChI is InChI=1S/C49H32O/c1-4-15-33(16-5-1)35-27-28-47-43(30-35)44-32-37(34-17-6-2-7-18-34)31-42(48(44)50-47)36-19-14-22-39(29-36)49(38-20-8-3-9-21-38)45-25-12-10-23-40(45)41-24-11-13-26-46(41)49/h1-32H. The van der Waals surface area contributed by atoms with Gasteiger partial charge in [0.2, 0.25) is 0 Å². The van der Waals surface area contributed by atoms with Crippen molar-refractivity contribution in [3.05, 3.63) is 216 Å². The van der Waals surface area contributed by atoms with Gasteiger partial charge in [0.1, 0.15) is 11.2 Å². The number of hydrogen-bond donors (Lipinski definition) is 0. The minimum absolute atomic E-state index is 0.473. The van der Waals surface area contributed by atoms with Crippen LogP contribution in [0, 0.1) is 0 Å². The molecule has 1 aromatic heterocycles. The minimum atomic E-state index is -0.473. The van der Waals surface area contributed by atoms with E-state index in [9.17, 15) is 0 Å². The van der Waals surface area contributed by atoms with E-state index in [2.05, 4.69) is 194 Å². The highest BCUT2D eigenvalue weighted by atomic mass is 16.3. The Kier molecular flexibility index (Phi) is 6.47. The second kappa shape index (κ2) is 11.3. The molecular weight excluding hydrogens is 605 g/mol. The van der Waals surface area contributed by atoms with Crippen LogP contribution < -0.4 is 0 Å². The molecule has 0 amide bonds. The van der Waals surface area contributed by atoms with Gasteiger partial charge >= 0.3 is 0 Å². The van der Waals surface area contributed by atoms with E-state index in [0.29, 0.717) is 0 Å². The van der Waals surface area contributed by atoms with E-state index in [0.717, 1.165) is 33.1 Å². The van der Waals surface area contributed by atoms with Crippen molar-refractivity contribution in [1.82, 2.24) is 0 Å². The maximum atomic E-state index is 6.81. The van der Waals surface area contributed by atoms with Gasteiger partial charge in [0.15, 0.2) is 0 Å². The topological polar surface area (TPSA) is 13.1 Å². The molecular formula is C49H32O. The average Bonchev–Trinajstić information content (AvgIpc) is 3.72. The van der Waals surface area contributed by atoms with Crippen LogP contribution in [0.4, 0.5) is 0 Å². The van der Waals surface area contributed by atoms with Crippen molar-refractivity contribution in [1.29, 1.82) is 0 Å². The third-order valence-corrected chi connectivity index (χ3v) is 10.6. The normalized spacial score (nSPS) is 13.0. The molecule has 10 rings (SSSR count). The van der Waals surface area contributed by atoms with Gasteiger partial charge in [-0.15, -0.1) is 0 Å². The molecule has 50 heavy (non-hydrogen) atoms. The summed E-state index contributed by atoms with van der Waals surface area (Å²) in [6, 6.07) is 70.4. The molecule has 1 nitrogen and oxygen atoms in total. The Morgan fingerprint density at radius 3 is 1.54 bits per heavy atom. The Hall–Kier alpha value is -6.44. The van der Waals surface area contributed by atoms with Crippen LogP contribution in [0.1, 0.15) is 22.3 Å². The maximum absolute atomic E-state index is 6.81. The first-order valence-electron chi connectivity index (χ1n) is 17.3. The number of benzene rings is 8. The van der Waals surface area contributed by atoms with Gasteiger partial charge in [0.05, 0.1) is 5.41 Å². The van der Waals surface area contributed by atoms with E-state index in [4.69, 9.17) is 4.42 Å². The highest BCUT2D eigenvalue weighted by molar-refractivity contribution is 6.12. The van der Waals surface area contributed by atoms with Gasteiger partial charge in [-0.1, -0.05) is 164 Å². The smallest absolute Gasteiger partial charge is 0.143 e. The zero-order valence-electron chi connectivity index (χ0n) is 27.4. The Balaban J connectivity index is 1.25. The summed E-state index contributed by atoms with van der Waals surface area (Å²) in [5.74, 6) is 0. The van der Waals surface area contributed by atoms with Crippen molar-refractivity contribution >= 4 is 21.9 Å². The van der Waals surface area contributed by atoms with Gasteiger partial charge in [0.25, 0.3) is 0 Å². The minimum Gasteiger partial charge on any atom is -0.455 e. The SMILES string of the molecule is c1ccc(-c2ccc3oc4c(-c5cccc(C6(c7ccccc7)c7ccccc7-c7ccccc76)c5)cc(-c5ccccc5)cc4c3c2)cc1. The second-order valence-electron chi connectivity index (χ2n) is 13.2. The van der Waals surface area contributed by atoms with Crippen molar-refractivity contribution in [2.24, 2.45) is 0 Å². The maximum Gasteiger partial charge on any atom is 0.143 e. The van der Waals surface area contributed by atoms with Crippen LogP contribution in [0.3, 0.4) is 0 Å². The number of hydrogen-bond acceptors (Lipinski definition) is 1. The molecule has 0 saturated carbocycles. The summed E-state index contributed by atoms with van der Waals surface area (Å²) < 4.78 is 6.81. The van der Waals surface area contributed by atoms with Gasteiger partial charge in [-0.05, 0) is 91.5 Å².